The summed E-state index contributed by atoms with van der Waals surface area (Å²) < 4.78 is 12.3. The predicted molar refractivity (Wildman–Crippen MR) is 159 cm³/mol. The molecule has 0 aliphatic rings. The Kier molecular flexibility index (Phi) is 9.91. The first-order valence-electron chi connectivity index (χ1n) is 11.6. The zero-order valence-corrected chi connectivity index (χ0v) is 24.1. The molecule has 0 atom stereocenters. The van der Waals surface area contributed by atoms with Crippen LogP contribution in [0.3, 0.4) is 0 Å². The van der Waals surface area contributed by atoms with Crippen LogP contribution in [0, 0.1) is 11.3 Å². The second kappa shape index (κ2) is 13.5. The van der Waals surface area contributed by atoms with Crippen LogP contribution >= 0.6 is 50.7 Å². The summed E-state index contributed by atoms with van der Waals surface area (Å²) in [5, 5.41) is 13.9. The standard InChI is InChI=1S/C30H20BrCl3N2O3/c31-25-14-19(6-12-29(25)39-17-20-5-11-27(33)28(34)15-20)13-22(16-35)30(37)36-23-7-9-24(10-8-23)38-18-21-3-1-2-4-26(21)32/h1-15H,17-18H2,(H,36,37)/b22-13+. The molecule has 0 saturated heterocycles. The highest BCUT2D eigenvalue weighted by Gasteiger charge is 2.11. The topological polar surface area (TPSA) is 71.3 Å². The van der Waals surface area contributed by atoms with Crippen molar-refractivity contribution in [1.82, 2.24) is 0 Å². The molecule has 9 heteroatoms. The lowest BCUT2D eigenvalue weighted by atomic mass is 10.1. The molecule has 0 aliphatic carbocycles. The van der Waals surface area contributed by atoms with Crippen LogP contribution in [-0.2, 0) is 18.0 Å². The third-order valence-corrected chi connectivity index (χ3v) is 7.20. The maximum Gasteiger partial charge on any atom is 0.266 e. The first-order chi connectivity index (χ1) is 18.8. The molecule has 5 nitrogen and oxygen atoms in total. The molecule has 0 bridgehead atoms. The molecule has 0 heterocycles. The SMILES string of the molecule is N#C/C(=C\c1ccc(OCc2ccc(Cl)c(Cl)c2)c(Br)c1)C(=O)Nc1ccc(OCc2ccccc2Cl)cc1. The molecule has 0 radical (unpaired) electrons. The van der Waals surface area contributed by atoms with Crippen molar-refractivity contribution in [3.63, 3.8) is 0 Å². The summed E-state index contributed by atoms with van der Waals surface area (Å²) in [6.07, 6.45) is 1.50. The van der Waals surface area contributed by atoms with Crippen molar-refractivity contribution < 1.29 is 14.3 Å². The van der Waals surface area contributed by atoms with Crippen molar-refractivity contribution in [2.24, 2.45) is 0 Å². The first-order valence-corrected chi connectivity index (χ1v) is 13.5. The Balaban J connectivity index is 1.36. The van der Waals surface area contributed by atoms with Crippen LogP contribution in [0.25, 0.3) is 6.08 Å². The lowest BCUT2D eigenvalue weighted by Gasteiger charge is -2.10. The minimum absolute atomic E-state index is 0.0505. The monoisotopic (exact) mass is 640 g/mol. The molecule has 0 unspecified atom stereocenters. The van der Waals surface area contributed by atoms with Gasteiger partial charge < -0.3 is 14.8 Å². The van der Waals surface area contributed by atoms with Crippen LogP contribution in [0.15, 0.2) is 95.0 Å². The third-order valence-electron chi connectivity index (χ3n) is 5.47. The molecule has 39 heavy (non-hydrogen) atoms. The van der Waals surface area contributed by atoms with Crippen molar-refractivity contribution in [1.29, 1.82) is 5.26 Å². The number of amides is 1. The van der Waals surface area contributed by atoms with Crippen molar-refractivity contribution in [2.45, 2.75) is 13.2 Å². The van der Waals surface area contributed by atoms with Gasteiger partial charge in [0.15, 0.2) is 0 Å². The quantitative estimate of drug-likeness (QED) is 0.146. The van der Waals surface area contributed by atoms with Gasteiger partial charge in [0.05, 0.1) is 14.5 Å². The van der Waals surface area contributed by atoms with Crippen LogP contribution < -0.4 is 14.8 Å². The number of ether oxygens (including phenoxy) is 2. The number of nitrogens with zero attached hydrogens (tertiary/aromatic N) is 1. The lowest BCUT2D eigenvalue weighted by molar-refractivity contribution is -0.112. The summed E-state index contributed by atoms with van der Waals surface area (Å²) >= 11 is 21.7. The van der Waals surface area contributed by atoms with E-state index in [2.05, 4.69) is 21.2 Å². The van der Waals surface area contributed by atoms with E-state index in [0.29, 0.717) is 55.5 Å². The average molecular weight is 643 g/mol. The fraction of sp³-hybridized carbons (Fsp3) is 0.0667. The van der Waals surface area contributed by atoms with Gasteiger partial charge in [-0.25, -0.2) is 0 Å². The van der Waals surface area contributed by atoms with Gasteiger partial charge in [0, 0.05) is 16.3 Å². The molecular formula is C30H20BrCl3N2O3. The van der Waals surface area contributed by atoms with Crippen LogP contribution in [0.2, 0.25) is 15.1 Å². The summed E-state index contributed by atoms with van der Waals surface area (Å²) in [5.74, 6) is 0.687. The first kappa shape index (κ1) is 28.5. The van der Waals surface area contributed by atoms with E-state index in [1.165, 1.54) is 6.08 Å². The van der Waals surface area contributed by atoms with Crippen LogP contribution in [-0.4, -0.2) is 5.91 Å². The maximum absolute atomic E-state index is 12.7. The lowest BCUT2D eigenvalue weighted by Crippen LogP contribution is -2.13. The second-order valence-corrected chi connectivity index (χ2v) is 10.3. The largest absolute Gasteiger partial charge is 0.489 e. The third kappa shape index (κ3) is 8.01. The molecule has 0 aliphatic heterocycles. The van der Waals surface area contributed by atoms with Gasteiger partial charge in [0.2, 0.25) is 0 Å². The van der Waals surface area contributed by atoms with E-state index in [1.807, 2.05) is 30.3 Å². The number of hydrogen-bond donors (Lipinski definition) is 1. The highest BCUT2D eigenvalue weighted by Crippen LogP contribution is 2.29. The summed E-state index contributed by atoms with van der Waals surface area (Å²) in [5.41, 5.74) is 2.87. The van der Waals surface area contributed by atoms with Crippen LogP contribution in [0.4, 0.5) is 5.69 Å². The van der Waals surface area contributed by atoms with Crippen molar-refractivity contribution in [3.8, 4) is 17.6 Å². The smallest absolute Gasteiger partial charge is 0.266 e. The second-order valence-electron chi connectivity index (χ2n) is 8.26. The molecule has 0 aromatic heterocycles. The molecule has 1 amide bonds. The number of anilines is 1. The molecule has 4 aromatic carbocycles. The predicted octanol–water partition coefficient (Wildman–Crippen LogP) is 9.11. The molecule has 0 saturated carbocycles. The number of carbonyl (C=O) groups is 1. The fourth-order valence-corrected chi connectivity index (χ4v) is 4.46. The Bertz CT molecular complexity index is 1570. The van der Waals surface area contributed by atoms with Crippen molar-refractivity contribution in [2.75, 3.05) is 5.32 Å². The van der Waals surface area contributed by atoms with E-state index in [1.54, 1.807) is 60.7 Å². The Labute approximate surface area is 249 Å². The number of halogens is 4. The van der Waals surface area contributed by atoms with Gasteiger partial charge in [-0.2, -0.15) is 5.26 Å². The zero-order chi connectivity index (χ0) is 27.8. The fourth-order valence-electron chi connectivity index (χ4n) is 3.44. The van der Waals surface area contributed by atoms with Gasteiger partial charge in [-0.15, -0.1) is 0 Å². The van der Waals surface area contributed by atoms with Gasteiger partial charge in [-0.3, -0.25) is 4.79 Å². The molecule has 0 spiro atoms. The van der Waals surface area contributed by atoms with Crippen LogP contribution in [0.5, 0.6) is 11.5 Å². The Morgan fingerprint density at radius 3 is 2.33 bits per heavy atom. The minimum Gasteiger partial charge on any atom is -0.489 e. The molecular weight excluding hydrogens is 623 g/mol. The molecule has 1 N–H and O–H groups in total. The highest BCUT2D eigenvalue weighted by molar-refractivity contribution is 9.10. The van der Waals surface area contributed by atoms with Gasteiger partial charge in [-0.05, 0) is 87.7 Å². The number of hydrogen-bond acceptors (Lipinski definition) is 4. The molecule has 4 aromatic rings. The van der Waals surface area contributed by atoms with E-state index < -0.39 is 5.91 Å². The van der Waals surface area contributed by atoms with Crippen molar-refractivity contribution in [3.05, 3.63) is 127 Å². The minimum atomic E-state index is -0.529. The number of benzene rings is 4. The average Bonchev–Trinajstić information content (AvgIpc) is 2.93. The van der Waals surface area contributed by atoms with Gasteiger partial charge in [0.25, 0.3) is 5.91 Å². The Morgan fingerprint density at radius 2 is 1.64 bits per heavy atom. The number of nitriles is 1. The number of carbonyl (C=O) groups excluding carboxylic acids is 1. The summed E-state index contributed by atoms with van der Waals surface area (Å²) in [6, 6.07) is 26.8. The van der Waals surface area contributed by atoms with Crippen LogP contribution in [0.1, 0.15) is 16.7 Å². The van der Waals surface area contributed by atoms with Gasteiger partial charge >= 0.3 is 0 Å². The summed E-state index contributed by atoms with van der Waals surface area (Å²) in [7, 11) is 0. The van der Waals surface area contributed by atoms with E-state index in [9.17, 15) is 10.1 Å². The van der Waals surface area contributed by atoms with Gasteiger partial charge in [-0.1, -0.05) is 65.1 Å². The Morgan fingerprint density at radius 1 is 0.872 bits per heavy atom. The zero-order valence-electron chi connectivity index (χ0n) is 20.3. The molecule has 196 valence electrons. The highest BCUT2D eigenvalue weighted by atomic mass is 79.9. The molecule has 0 fully saturated rings. The maximum atomic E-state index is 12.7. The molecule has 4 rings (SSSR count). The number of nitrogens with one attached hydrogen (secondary N) is 1. The Hall–Kier alpha value is -3.47. The van der Waals surface area contributed by atoms with E-state index in [-0.39, 0.29) is 5.57 Å². The van der Waals surface area contributed by atoms with E-state index >= 15 is 0 Å². The normalized spacial score (nSPS) is 11.0. The summed E-state index contributed by atoms with van der Waals surface area (Å²) in [4.78, 5) is 12.7. The van der Waals surface area contributed by atoms with E-state index in [4.69, 9.17) is 44.3 Å². The van der Waals surface area contributed by atoms with Gasteiger partial charge in [0.1, 0.15) is 36.4 Å². The summed E-state index contributed by atoms with van der Waals surface area (Å²) in [6.45, 7) is 0.613. The number of rotatable bonds is 9. The van der Waals surface area contributed by atoms with Crippen molar-refractivity contribution >= 4 is 68.4 Å². The van der Waals surface area contributed by atoms with E-state index in [0.717, 1.165) is 11.1 Å².